The highest BCUT2D eigenvalue weighted by Crippen LogP contribution is 2.52. The smallest absolute Gasteiger partial charge is 0.0640 e. The summed E-state index contributed by atoms with van der Waals surface area (Å²) in [4.78, 5) is 0. The van der Waals surface area contributed by atoms with Crippen LogP contribution in [0.1, 0.15) is 11.1 Å². The number of nitrogens with two attached hydrogens (primary N) is 2. The molecular weight excluding hydrogens is 328 g/mol. The molecule has 0 saturated carbocycles. The highest BCUT2D eigenvalue weighted by molar-refractivity contribution is 6.06. The predicted molar refractivity (Wildman–Crippen MR) is 114 cm³/mol. The monoisotopic (exact) mass is 348 g/mol. The molecule has 130 valence electrons. The van der Waals surface area contributed by atoms with E-state index in [1.165, 1.54) is 27.8 Å². The van der Waals surface area contributed by atoms with Crippen LogP contribution in [0.5, 0.6) is 0 Å². The second-order valence-electron chi connectivity index (χ2n) is 7.00. The van der Waals surface area contributed by atoms with E-state index in [0.717, 1.165) is 23.1 Å². The second kappa shape index (κ2) is 6.03. The number of hydrogen-bond acceptors (Lipinski definition) is 2. The number of fused-ring (bicyclic) bond motifs is 3. The summed E-state index contributed by atoms with van der Waals surface area (Å²) in [5, 5.41) is 0. The lowest BCUT2D eigenvalue weighted by molar-refractivity contribution is 1.26. The molecule has 0 amide bonds. The molecule has 2 nitrogen and oxygen atoms in total. The summed E-state index contributed by atoms with van der Waals surface area (Å²) in [6.45, 7) is 0. The maximum absolute atomic E-state index is 6.66. The standard InChI is InChI=1S/C25H20N2/c26-24-22(17-11-5-2-6-12-17)21(16-9-3-1-4-10-16)20-15-18-13-7-8-14-19(18)23(20)25(24)27/h1-14H,15,26-27H2. The molecule has 1 aliphatic carbocycles. The number of hydrogen-bond donors (Lipinski definition) is 2. The van der Waals surface area contributed by atoms with Gasteiger partial charge in [-0.2, -0.15) is 0 Å². The van der Waals surface area contributed by atoms with Crippen LogP contribution in [0.2, 0.25) is 0 Å². The molecule has 0 aromatic heterocycles. The van der Waals surface area contributed by atoms with Gasteiger partial charge in [-0.1, -0.05) is 84.9 Å². The van der Waals surface area contributed by atoms with Crippen LogP contribution in [0.15, 0.2) is 84.9 Å². The van der Waals surface area contributed by atoms with Gasteiger partial charge in [0.15, 0.2) is 0 Å². The van der Waals surface area contributed by atoms with Gasteiger partial charge in [-0.3, -0.25) is 0 Å². The number of nitrogen functional groups attached to an aromatic ring is 2. The van der Waals surface area contributed by atoms with Gasteiger partial charge in [-0.25, -0.2) is 0 Å². The third-order valence-corrected chi connectivity index (χ3v) is 5.46. The predicted octanol–water partition coefficient (Wildman–Crippen LogP) is 5.76. The fraction of sp³-hybridized carbons (Fsp3) is 0.0400. The van der Waals surface area contributed by atoms with Crippen molar-refractivity contribution < 1.29 is 0 Å². The molecule has 0 unspecified atom stereocenters. The summed E-state index contributed by atoms with van der Waals surface area (Å²) in [7, 11) is 0. The average Bonchev–Trinajstić information content (AvgIpc) is 3.11. The molecule has 0 spiro atoms. The van der Waals surface area contributed by atoms with E-state index in [-0.39, 0.29) is 0 Å². The molecule has 27 heavy (non-hydrogen) atoms. The molecule has 2 heteroatoms. The van der Waals surface area contributed by atoms with Crippen molar-refractivity contribution in [1.82, 2.24) is 0 Å². The lowest BCUT2D eigenvalue weighted by Gasteiger charge is -2.21. The Morgan fingerprint density at radius 3 is 1.70 bits per heavy atom. The van der Waals surface area contributed by atoms with Gasteiger partial charge < -0.3 is 11.5 Å². The van der Waals surface area contributed by atoms with Crippen molar-refractivity contribution in [2.75, 3.05) is 11.5 Å². The lowest BCUT2D eigenvalue weighted by atomic mass is 9.85. The topological polar surface area (TPSA) is 52.0 Å². The van der Waals surface area contributed by atoms with Gasteiger partial charge in [0.05, 0.1) is 11.4 Å². The minimum absolute atomic E-state index is 0.663. The minimum Gasteiger partial charge on any atom is -0.397 e. The Labute approximate surface area is 159 Å². The Balaban J connectivity index is 1.92. The number of benzene rings is 4. The van der Waals surface area contributed by atoms with E-state index in [1.807, 2.05) is 24.3 Å². The Kier molecular flexibility index (Phi) is 3.51. The molecule has 0 fully saturated rings. The quantitative estimate of drug-likeness (QED) is 0.399. The molecule has 0 bridgehead atoms. The van der Waals surface area contributed by atoms with Crippen molar-refractivity contribution >= 4 is 11.4 Å². The molecule has 0 aliphatic heterocycles. The van der Waals surface area contributed by atoms with Crippen molar-refractivity contribution in [3.63, 3.8) is 0 Å². The zero-order valence-corrected chi connectivity index (χ0v) is 14.9. The van der Waals surface area contributed by atoms with Crippen LogP contribution in [0.25, 0.3) is 33.4 Å². The van der Waals surface area contributed by atoms with Gasteiger partial charge in [0.25, 0.3) is 0 Å². The summed E-state index contributed by atoms with van der Waals surface area (Å²) in [5.74, 6) is 0. The van der Waals surface area contributed by atoms with E-state index in [2.05, 4.69) is 60.7 Å². The van der Waals surface area contributed by atoms with E-state index in [1.54, 1.807) is 0 Å². The zero-order chi connectivity index (χ0) is 18.4. The highest BCUT2D eigenvalue weighted by atomic mass is 14.7. The maximum Gasteiger partial charge on any atom is 0.0640 e. The fourth-order valence-corrected chi connectivity index (χ4v) is 4.26. The first-order valence-electron chi connectivity index (χ1n) is 9.18. The highest BCUT2D eigenvalue weighted by Gasteiger charge is 2.29. The SMILES string of the molecule is Nc1c(N)c(-c2ccccc2)c(-c2ccccc2)c2c1-c1ccccc1C2. The fourth-order valence-electron chi connectivity index (χ4n) is 4.26. The van der Waals surface area contributed by atoms with Gasteiger partial charge in [0.2, 0.25) is 0 Å². The molecule has 4 aromatic carbocycles. The van der Waals surface area contributed by atoms with Crippen LogP contribution in [-0.4, -0.2) is 0 Å². The Bertz CT molecular complexity index is 1150. The zero-order valence-electron chi connectivity index (χ0n) is 14.9. The molecule has 4 N–H and O–H groups in total. The first kappa shape index (κ1) is 15.7. The lowest BCUT2D eigenvalue weighted by Crippen LogP contribution is -2.04. The summed E-state index contributed by atoms with van der Waals surface area (Å²) >= 11 is 0. The summed E-state index contributed by atoms with van der Waals surface area (Å²) in [6.07, 6.45) is 0.875. The van der Waals surface area contributed by atoms with Gasteiger partial charge in [-0.15, -0.1) is 0 Å². The van der Waals surface area contributed by atoms with Crippen LogP contribution in [0.4, 0.5) is 11.4 Å². The van der Waals surface area contributed by atoms with Crippen LogP contribution in [0.3, 0.4) is 0 Å². The average molecular weight is 348 g/mol. The summed E-state index contributed by atoms with van der Waals surface area (Å²) in [6, 6.07) is 29.3. The van der Waals surface area contributed by atoms with Crippen LogP contribution in [0, 0.1) is 0 Å². The van der Waals surface area contributed by atoms with Crippen molar-refractivity contribution in [3.8, 4) is 33.4 Å². The van der Waals surface area contributed by atoms with Gasteiger partial charge in [0.1, 0.15) is 0 Å². The maximum atomic E-state index is 6.66. The normalized spacial score (nSPS) is 11.9. The number of anilines is 2. The molecule has 5 rings (SSSR count). The Morgan fingerprint density at radius 2 is 1.04 bits per heavy atom. The van der Waals surface area contributed by atoms with Crippen molar-refractivity contribution in [1.29, 1.82) is 0 Å². The van der Waals surface area contributed by atoms with Gasteiger partial charge in [-0.05, 0) is 39.8 Å². The van der Waals surface area contributed by atoms with Crippen LogP contribution in [-0.2, 0) is 6.42 Å². The van der Waals surface area contributed by atoms with Crippen LogP contribution >= 0.6 is 0 Å². The van der Waals surface area contributed by atoms with Gasteiger partial charge >= 0.3 is 0 Å². The minimum atomic E-state index is 0.663. The van der Waals surface area contributed by atoms with Crippen LogP contribution < -0.4 is 11.5 Å². The molecule has 1 aliphatic rings. The molecule has 0 saturated heterocycles. The first-order valence-corrected chi connectivity index (χ1v) is 9.18. The Hall–Kier alpha value is -3.52. The van der Waals surface area contributed by atoms with E-state index < -0.39 is 0 Å². The summed E-state index contributed by atoms with van der Waals surface area (Å²) < 4.78 is 0. The largest absolute Gasteiger partial charge is 0.397 e. The third kappa shape index (κ3) is 2.34. The molecule has 0 heterocycles. The van der Waals surface area contributed by atoms with E-state index in [9.17, 15) is 0 Å². The number of rotatable bonds is 2. The van der Waals surface area contributed by atoms with E-state index >= 15 is 0 Å². The van der Waals surface area contributed by atoms with E-state index in [4.69, 9.17) is 11.5 Å². The Morgan fingerprint density at radius 1 is 0.519 bits per heavy atom. The van der Waals surface area contributed by atoms with Crippen molar-refractivity contribution in [2.24, 2.45) is 0 Å². The van der Waals surface area contributed by atoms with E-state index in [0.29, 0.717) is 11.4 Å². The first-order chi connectivity index (χ1) is 13.3. The second-order valence-corrected chi connectivity index (χ2v) is 7.00. The third-order valence-electron chi connectivity index (χ3n) is 5.46. The molecule has 0 radical (unpaired) electrons. The van der Waals surface area contributed by atoms with Crippen molar-refractivity contribution in [2.45, 2.75) is 6.42 Å². The molecular formula is C25H20N2. The molecule has 0 atom stereocenters. The molecule has 4 aromatic rings. The summed E-state index contributed by atoms with van der Waals surface area (Å²) in [5.41, 5.74) is 24.0. The van der Waals surface area contributed by atoms with Gasteiger partial charge in [0, 0.05) is 11.1 Å². The van der Waals surface area contributed by atoms with Crippen molar-refractivity contribution in [3.05, 3.63) is 96.1 Å².